The van der Waals surface area contributed by atoms with E-state index in [-0.39, 0.29) is 6.03 Å². The van der Waals surface area contributed by atoms with Crippen LogP contribution in [0.2, 0.25) is 0 Å². The van der Waals surface area contributed by atoms with Crippen LogP contribution in [-0.2, 0) is 4.74 Å². The van der Waals surface area contributed by atoms with Gasteiger partial charge in [-0.1, -0.05) is 11.3 Å². The zero-order valence-corrected chi connectivity index (χ0v) is 14.2. The Hall–Kier alpha value is -2.41. The van der Waals surface area contributed by atoms with Gasteiger partial charge in [0.1, 0.15) is 0 Å². The third-order valence-corrected chi connectivity index (χ3v) is 5.23. The molecule has 0 unspecified atom stereocenters. The minimum Gasteiger partial charge on any atom is -0.381 e. The number of carbonyl (C=O) groups is 1. The summed E-state index contributed by atoms with van der Waals surface area (Å²) in [5.41, 5.74) is 1.64. The summed E-state index contributed by atoms with van der Waals surface area (Å²) < 4.78 is 7.12. The van der Waals surface area contributed by atoms with Crippen LogP contribution in [-0.4, -0.2) is 52.2 Å². The molecule has 0 saturated carbocycles. The zero-order chi connectivity index (χ0) is 17.1. The van der Waals surface area contributed by atoms with Crippen LogP contribution in [0.4, 0.5) is 10.5 Å². The van der Waals surface area contributed by atoms with E-state index in [1.807, 2.05) is 29.2 Å². The van der Waals surface area contributed by atoms with Crippen molar-refractivity contribution in [3.8, 4) is 5.69 Å². The van der Waals surface area contributed by atoms with Crippen LogP contribution in [0.1, 0.15) is 19.3 Å². The number of likely N-dealkylation sites (tertiary alicyclic amines) is 1. The molecule has 1 aromatic carbocycles. The van der Waals surface area contributed by atoms with E-state index in [2.05, 4.69) is 15.6 Å². The molecular weight excluding hydrogens is 318 g/mol. The van der Waals surface area contributed by atoms with Crippen molar-refractivity contribution in [3.05, 3.63) is 36.7 Å². The van der Waals surface area contributed by atoms with Gasteiger partial charge in [0.15, 0.2) is 0 Å². The third-order valence-electron chi connectivity index (χ3n) is 5.23. The summed E-state index contributed by atoms with van der Waals surface area (Å²) in [6.07, 6.45) is 6.75. The number of ether oxygens (including phenoxy) is 1. The highest BCUT2D eigenvalue weighted by Crippen LogP contribution is 2.31. The number of aromatic nitrogens is 3. The molecule has 132 valence electrons. The van der Waals surface area contributed by atoms with Crippen molar-refractivity contribution in [2.24, 2.45) is 11.8 Å². The van der Waals surface area contributed by atoms with Crippen LogP contribution in [0.25, 0.3) is 5.69 Å². The van der Waals surface area contributed by atoms with Gasteiger partial charge >= 0.3 is 6.03 Å². The van der Waals surface area contributed by atoms with Gasteiger partial charge in [0, 0.05) is 32.0 Å². The van der Waals surface area contributed by atoms with Crippen molar-refractivity contribution in [3.63, 3.8) is 0 Å². The largest absolute Gasteiger partial charge is 0.381 e. The van der Waals surface area contributed by atoms with Crippen LogP contribution < -0.4 is 5.32 Å². The summed E-state index contributed by atoms with van der Waals surface area (Å²) in [5.74, 6) is 1.30. The molecule has 0 aliphatic carbocycles. The van der Waals surface area contributed by atoms with E-state index in [1.165, 1.54) is 0 Å². The van der Waals surface area contributed by atoms with Crippen molar-refractivity contribution < 1.29 is 9.53 Å². The van der Waals surface area contributed by atoms with E-state index in [0.717, 1.165) is 56.9 Å². The highest BCUT2D eigenvalue weighted by molar-refractivity contribution is 5.89. The first-order chi connectivity index (χ1) is 12.3. The van der Waals surface area contributed by atoms with Crippen molar-refractivity contribution in [1.82, 2.24) is 19.9 Å². The molecule has 2 fully saturated rings. The van der Waals surface area contributed by atoms with E-state index in [0.29, 0.717) is 11.8 Å². The fraction of sp³-hybridized carbons (Fsp3) is 0.500. The SMILES string of the molecule is O=C(Nc1cccc(-n2ccnn2)c1)N1CC[C@@H](C2CCOCC2)C1. The number of rotatable bonds is 3. The first-order valence-corrected chi connectivity index (χ1v) is 8.90. The van der Waals surface area contributed by atoms with E-state index in [9.17, 15) is 4.79 Å². The lowest BCUT2D eigenvalue weighted by Gasteiger charge is -2.27. The average molecular weight is 341 g/mol. The normalized spacial score (nSPS) is 21.4. The van der Waals surface area contributed by atoms with E-state index < -0.39 is 0 Å². The van der Waals surface area contributed by atoms with Crippen molar-refractivity contribution in [1.29, 1.82) is 0 Å². The Morgan fingerprint density at radius 1 is 1.20 bits per heavy atom. The lowest BCUT2D eigenvalue weighted by Crippen LogP contribution is -2.34. The first kappa shape index (κ1) is 16.1. The Morgan fingerprint density at radius 2 is 2.08 bits per heavy atom. The van der Waals surface area contributed by atoms with Gasteiger partial charge in [-0.25, -0.2) is 9.48 Å². The Morgan fingerprint density at radius 3 is 2.88 bits per heavy atom. The molecule has 2 amide bonds. The molecule has 7 heteroatoms. The van der Waals surface area contributed by atoms with Gasteiger partial charge in [-0.2, -0.15) is 0 Å². The molecule has 1 atom stereocenters. The highest BCUT2D eigenvalue weighted by Gasteiger charge is 2.32. The number of hydrogen-bond donors (Lipinski definition) is 1. The minimum atomic E-state index is -0.0229. The molecular formula is C18H23N5O2. The molecule has 2 saturated heterocycles. The molecule has 4 rings (SSSR count). The molecule has 0 radical (unpaired) electrons. The number of nitrogens with one attached hydrogen (secondary N) is 1. The van der Waals surface area contributed by atoms with Gasteiger partial charge in [0.05, 0.1) is 18.1 Å². The van der Waals surface area contributed by atoms with E-state index >= 15 is 0 Å². The van der Waals surface area contributed by atoms with Crippen molar-refractivity contribution in [2.75, 3.05) is 31.6 Å². The summed E-state index contributed by atoms with van der Waals surface area (Å²) in [6, 6.07) is 7.61. The Bertz CT molecular complexity index is 712. The molecule has 1 aromatic heterocycles. The average Bonchev–Trinajstić information content (AvgIpc) is 3.35. The maximum Gasteiger partial charge on any atom is 0.321 e. The number of benzene rings is 1. The quantitative estimate of drug-likeness (QED) is 0.931. The maximum atomic E-state index is 12.6. The number of nitrogens with zero attached hydrogens (tertiary/aromatic N) is 4. The first-order valence-electron chi connectivity index (χ1n) is 8.90. The van der Waals surface area contributed by atoms with E-state index in [4.69, 9.17) is 4.74 Å². The fourth-order valence-corrected chi connectivity index (χ4v) is 3.82. The minimum absolute atomic E-state index is 0.0229. The molecule has 1 N–H and O–H groups in total. The van der Waals surface area contributed by atoms with Gasteiger partial charge in [-0.3, -0.25) is 0 Å². The molecule has 2 aliphatic rings. The van der Waals surface area contributed by atoms with Gasteiger partial charge in [0.2, 0.25) is 0 Å². The molecule has 7 nitrogen and oxygen atoms in total. The molecule has 0 spiro atoms. The summed E-state index contributed by atoms with van der Waals surface area (Å²) in [5, 5.41) is 10.8. The van der Waals surface area contributed by atoms with Gasteiger partial charge in [-0.05, 0) is 49.3 Å². The Balaban J connectivity index is 1.37. The third kappa shape index (κ3) is 3.66. The number of urea groups is 1. The topological polar surface area (TPSA) is 72.3 Å². The van der Waals surface area contributed by atoms with Crippen LogP contribution in [0.5, 0.6) is 0 Å². The lowest BCUT2D eigenvalue weighted by molar-refractivity contribution is 0.0485. The predicted octanol–water partition coefficient (Wildman–Crippen LogP) is 2.55. The zero-order valence-electron chi connectivity index (χ0n) is 14.2. The van der Waals surface area contributed by atoms with Crippen LogP contribution in [0, 0.1) is 11.8 Å². The molecule has 0 bridgehead atoms. The smallest absolute Gasteiger partial charge is 0.321 e. The van der Waals surface area contributed by atoms with Crippen molar-refractivity contribution in [2.45, 2.75) is 19.3 Å². The summed E-state index contributed by atoms with van der Waals surface area (Å²) in [4.78, 5) is 14.5. The summed E-state index contributed by atoms with van der Waals surface area (Å²) >= 11 is 0. The monoisotopic (exact) mass is 341 g/mol. The molecule has 2 aromatic rings. The highest BCUT2D eigenvalue weighted by atomic mass is 16.5. The predicted molar refractivity (Wildman–Crippen MR) is 93.6 cm³/mol. The van der Waals surface area contributed by atoms with Crippen molar-refractivity contribution >= 4 is 11.7 Å². The molecule has 2 aliphatic heterocycles. The van der Waals surface area contributed by atoms with Crippen LogP contribution in [0.15, 0.2) is 36.7 Å². The van der Waals surface area contributed by atoms with Gasteiger partial charge < -0.3 is 15.0 Å². The number of carbonyl (C=O) groups excluding carboxylic acids is 1. The number of anilines is 1. The van der Waals surface area contributed by atoms with Gasteiger partial charge in [0.25, 0.3) is 0 Å². The standard InChI is InChI=1S/C18H23N5O2/c24-18(22-8-4-15(13-22)14-5-10-25-11-6-14)20-16-2-1-3-17(12-16)23-9-7-19-21-23/h1-3,7,9,12,14-15H,4-6,8,10-11,13H2,(H,20,24)/t15-/m1/s1. The van der Waals surface area contributed by atoms with Crippen LogP contribution >= 0.6 is 0 Å². The molecule has 25 heavy (non-hydrogen) atoms. The van der Waals surface area contributed by atoms with E-state index in [1.54, 1.807) is 17.1 Å². The second kappa shape index (κ2) is 7.23. The lowest BCUT2D eigenvalue weighted by atomic mass is 9.85. The summed E-state index contributed by atoms with van der Waals surface area (Å²) in [7, 11) is 0. The maximum absolute atomic E-state index is 12.6. The number of hydrogen-bond acceptors (Lipinski definition) is 4. The fourth-order valence-electron chi connectivity index (χ4n) is 3.82. The second-order valence-corrected chi connectivity index (χ2v) is 6.77. The second-order valence-electron chi connectivity index (χ2n) is 6.77. The summed E-state index contributed by atoms with van der Waals surface area (Å²) in [6.45, 7) is 3.40. The Kier molecular flexibility index (Phi) is 4.65. The van der Waals surface area contributed by atoms with Gasteiger partial charge in [-0.15, -0.1) is 5.10 Å². The molecule has 3 heterocycles. The Labute approximate surface area is 147 Å². The van der Waals surface area contributed by atoms with Crippen LogP contribution in [0.3, 0.4) is 0 Å². The number of amides is 2.